The second-order valence-electron chi connectivity index (χ2n) is 7.63. The van der Waals surface area contributed by atoms with Crippen molar-refractivity contribution in [1.82, 2.24) is 14.9 Å². The van der Waals surface area contributed by atoms with Crippen molar-refractivity contribution in [1.29, 1.82) is 0 Å². The maximum atomic E-state index is 12.8. The molecular weight excluding hydrogens is 428 g/mol. The van der Waals surface area contributed by atoms with Crippen molar-refractivity contribution in [3.05, 3.63) is 93.6 Å². The van der Waals surface area contributed by atoms with Crippen LogP contribution in [0.15, 0.2) is 59.4 Å². The standard InChI is InChI=1S/C24H23ClN4O3/c1-15-4-9-22(16(2)10-15)31-14-21-17(3)32-28-23(21)24(30)27-20-7-5-18(6-8-20)12-29-13-19(25)11-26-29/h4-11,13H,12,14H2,1-3H3,(H,27,30). The van der Waals surface area contributed by atoms with Crippen LogP contribution in [0.1, 0.15) is 38.5 Å². The molecule has 8 heteroatoms. The van der Waals surface area contributed by atoms with E-state index in [2.05, 4.69) is 15.6 Å². The molecule has 0 fully saturated rings. The van der Waals surface area contributed by atoms with Crippen molar-refractivity contribution in [3.8, 4) is 5.75 Å². The lowest BCUT2D eigenvalue weighted by molar-refractivity contribution is 0.101. The lowest BCUT2D eigenvalue weighted by Gasteiger charge is -2.10. The van der Waals surface area contributed by atoms with E-state index >= 15 is 0 Å². The summed E-state index contributed by atoms with van der Waals surface area (Å²) < 4.78 is 12.9. The summed E-state index contributed by atoms with van der Waals surface area (Å²) in [5.74, 6) is 0.956. The van der Waals surface area contributed by atoms with E-state index in [1.54, 1.807) is 24.0 Å². The normalized spacial score (nSPS) is 10.9. The van der Waals surface area contributed by atoms with E-state index in [9.17, 15) is 4.79 Å². The number of aryl methyl sites for hydroxylation is 3. The first-order valence-corrected chi connectivity index (χ1v) is 10.5. The number of carbonyl (C=O) groups is 1. The number of benzene rings is 2. The summed E-state index contributed by atoms with van der Waals surface area (Å²) in [4.78, 5) is 12.8. The van der Waals surface area contributed by atoms with Crippen LogP contribution in [0.4, 0.5) is 5.69 Å². The summed E-state index contributed by atoms with van der Waals surface area (Å²) >= 11 is 5.90. The zero-order valence-electron chi connectivity index (χ0n) is 18.1. The van der Waals surface area contributed by atoms with Crippen LogP contribution in [-0.4, -0.2) is 20.8 Å². The minimum Gasteiger partial charge on any atom is -0.488 e. The predicted octanol–water partition coefficient (Wildman–Crippen LogP) is 5.33. The largest absolute Gasteiger partial charge is 0.488 e. The first-order chi connectivity index (χ1) is 15.4. The molecule has 0 saturated carbocycles. The summed E-state index contributed by atoms with van der Waals surface area (Å²) in [6.07, 6.45) is 3.35. The fraction of sp³-hybridized carbons (Fsp3) is 0.208. The molecule has 0 aliphatic heterocycles. The fourth-order valence-electron chi connectivity index (χ4n) is 3.35. The molecule has 0 radical (unpaired) electrons. The number of halogens is 1. The van der Waals surface area contributed by atoms with Crippen molar-refractivity contribution in [2.24, 2.45) is 0 Å². The molecule has 1 amide bonds. The second-order valence-corrected chi connectivity index (χ2v) is 8.07. The Kier molecular flexibility index (Phi) is 6.28. The average molecular weight is 451 g/mol. The Morgan fingerprint density at radius 2 is 1.94 bits per heavy atom. The van der Waals surface area contributed by atoms with Crippen LogP contribution < -0.4 is 10.1 Å². The molecule has 0 aliphatic rings. The Labute approximate surface area is 190 Å². The van der Waals surface area contributed by atoms with E-state index in [0.717, 1.165) is 22.4 Å². The molecule has 0 spiro atoms. The third kappa shape index (κ3) is 5.00. The molecule has 164 valence electrons. The van der Waals surface area contributed by atoms with Gasteiger partial charge in [0.25, 0.3) is 5.91 Å². The summed E-state index contributed by atoms with van der Waals surface area (Å²) in [6.45, 7) is 6.56. The minimum atomic E-state index is -0.354. The zero-order chi connectivity index (χ0) is 22.7. The molecule has 4 aromatic rings. The maximum Gasteiger partial charge on any atom is 0.278 e. The molecule has 0 unspecified atom stereocenters. The molecule has 1 N–H and O–H groups in total. The highest BCUT2D eigenvalue weighted by molar-refractivity contribution is 6.30. The molecule has 2 aromatic carbocycles. The summed E-state index contributed by atoms with van der Waals surface area (Å²) in [5.41, 5.74) is 4.71. The number of hydrogen-bond acceptors (Lipinski definition) is 5. The van der Waals surface area contributed by atoms with Crippen molar-refractivity contribution in [2.45, 2.75) is 33.9 Å². The number of hydrogen-bond donors (Lipinski definition) is 1. The molecule has 4 rings (SSSR count). The van der Waals surface area contributed by atoms with Crippen LogP contribution in [0.3, 0.4) is 0 Å². The van der Waals surface area contributed by atoms with Gasteiger partial charge in [-0.25, -0.2) is 0 Å². The first-order valence-electron chi connectivity index (χ1n) is 10.1. The predicted molar refractivity (Wildman–Crippen MR) is 122 cm³/mol. The van der Waals surface area contributed by atoms with Gasteiger partial charge in [0, 0.05) is 11.9 Å². The van der Waals surface area contributed by atoms with Crippen LogP contribution in [0.25, 0.3) is 0 Å². The highest BCUT2D eigenvalue weighted by Crippen LogP contribution is 2.23. The fourth-order valence-corrected chi connectivity index (χ4v) is 3.50. The average Bonchev–Trinajstić information content (AvgIpc) is 3.34. The number of nitrogens with zero attached hydrogens (tertiary/aromatic N) is 3. The number of amides is 1. The SMILES string of the molecule is Cc1ccc(OCc2c(C(=O)Nc3ccc(Cn4cc(Cl)cn4)cc3)noc2C)c(C)c1. The zero-order valence-corrected chi connectivity index (χ0v) is 18.8. The Hall–Kier alpha value is -3.58. The summed E-state index contributed by atoms with van der Waals surface area (Å²) in [6, 6.07) is 13.5. The number of anilines is 1. The Balaban J connectivity index is 1.42. The Morgan fingerprint density at radius 3 is 2.62 bits per heavy atom. The third-order valence-electron chi connectivity index (χ3n) is 5.06. The maximum absolute atomic E-state index is 12.8. The summed E-state index contributed by atoms with van der Waals surface area (Å²) in [7, 11) is 0. The van der Waals surface area contributed by atoms with Gasteiger partial charge in [0.05, 0.1) is 23.3 Å². The quantitative estimate of drug-likeness (QED) is 0.411. The Bertz CT molecular complexity index is 1240. The molecular formula is C24H23ClN4O3. The van der Waals surface area contributed by atoms with Gasteiger partial charge in [-0.1, -0.05) is 46.6 Å². The molecule has 7 nitrogen and oxygen atoms in total. The van der Waals surface area contributed by atoms with E-state index < -0.39 is 0 Å². The summed E-state index contributed by atoms with van der Waals surface area (Å²) in [5, 5.41) is 11.6. The topological polar surface area (TPSA) is 82.2 Å². The smallest absolute Gasteiger partial charge is 0.278 e. The number of ether oxygens (including phenoxy) is 1. The third-order valence-corrected chi connectivity index (χ3v) is 5.26. The van der Waals surface area contributed by atoms with E-state index in [4.69, 9.17) is 20.9 Å². The van der Waals surface area contributed by atoms with Crippen LogP contribution >= 0.6 is 11.6 Å². The van der Waals surface area contributed by atoms with E-state index in [1.165, 1.54) is 0 Å². The van der Waals surface area contributed by atoms with Crippen molar-refractivity contribution < 1.29 is 14.1 Å². The van der Waals surface area contributed by atoms with Crippen LogP contribution in [-0.2, 0) is 13.2 Å². The van der Waals surface area contributed by atoms with Gasteiger partial charge in [-0.05, 0) is 50.1 Å². The number of nitrogens with one attached hydrogen (secondary N) is 1. The number of rotatable bonds is 7. The van der Waals surface area contributed by atoms with Gasteiger partial charge < -0.3 is 14.6 Å². The molecule has 2 aromatic heterocycles. The molecule has 0 bridgehead atoms. The van der Waals surface area contributed by atoms with E-state index in [1.807, 2.05) is 56.3 Å². The van der Waals surface area contributed by atoms with Crippen LogP contribution in [0.5, 0.6) is 5.75 Å². The molecule has 0 aliphatic carbocycles. The molecule has 2 heterocycles. The lowest BCUT2D eigenvalue weighted by Crippen LogP contribution is -2.15. The number of carbonyl (C=O) groups excluding carboxylic acids is 1. The monoisotopic (exact) mass is 450 g/mol. The van der Waals surface area contributed by atoms with Gasteiger partial charge in [0.1, 0.15) is 18.1 Å². The lowest BCUT2D eigenvalue weighted by atomic mass is 10.1. The first kappa shape index (κ1) is 21.6. The van der Waals surface area contributed by atoms with E-state index in [-0.39, 0.29) is 18.2 Å². The van der Waals surface area contributed by atoms with Crippen LogP contribution in [0.2, 0.25) is 5.02 Å². The van der Waals surface area contributed by atoms with Gasteiger partial charge >= 0.3 is 0 Å². The van der Waals surface area contributed by atoms with Crippen LogP contribution in [0, 0.1) is 20.8 Å². The van der Waals surface area contributed by atoms with E-state index in [0.29, 0.717) is 28.6 Å². The highest BCUT2D eigenvalue weighted by Gasteiger charge is 2.21. The second kappa shape index (κ2) is 9.28. The van der Waals surface area contributed by atoms with Crippen molar-refractivity contribution in [3.63, 3.8) is 0 Å². The molecule has 32 heavy (non-hydrogen) atoms. The Morgan fingerprint density at radius 1 is 1.16 bits per heavy atom. The van der Waals surface area contributed by atoms with Gasteiger partial charge in [-0.3, -0.25) is 9.48 Å². The minimum absolute atomic E-state index is 0.188. The highest BCUT2D eigenvalue weighted by atomic mass is 35.5. The van der Waals surface area contributed by atoms with Gasteiger partial charge in [-0.2, -0.15) is 5.10 Å². The molecule has 0 atom stereocenters. The van der Waals surface area contributed by atoms with Crippen molar-refractivity contribution in [2.75, 3.05) is 5.32 Å². The molecule has 0 saturated heterocycles. The van der Waals surface area contributed by atoms with Gasteiger partial charge in [-0.15, -0.1) is 0 Å². The van der Waals surface area contributed by atoms with Gasteiger partial charge in [0.2, 0.25) is 0 Å². The van der Waals surface area contributed by atoms with Crippen molar-refractivity contribution >= 4 is 23.2 Å². The van der Waals surface area contributed by atoms with Gasteiger partial charge in [0.15, 0.2) is 5.69 Å². The number of aromatic nitrogens is 3.